The average molecular weight is 343 g/mol. The van der Waals surface area contributed by atoms with Gasteiger partial charge in [-0.3, -0.25) is 25.8 Å². The summed E-state index contributed by atoms with van der Waals surface area (Å²) in [4.78, 5) is 24.1. The van der Waals surface area contributed by atoms with E-state index in [0.29, 0.717) is 16.9 Å². The number of para-hydroxylation sites is 1. The van der Waals surface area contributed by atoms with Gasteiger partial charge in [-0.25, -0.2) is 0 Å². The molecule has 2 rings (SSSR count). The topological polar surface area (TPSA) is 79.5 Å². The van der Waals surface area contributed by atoms with E-state index in [1.165, 1.54) is 7.11 Å². The maximum atomic E-state index is 12.1. The Morgan fingerprint density at radius 1 is 0.958 bits per heavy atom. The summed E-state index contributed by atoms with van der Waals surface area (Å²) in [7, 11) is 1.48. The van der Waals surface area contributed by atoms with Crippen molar-refractivity contribution in [2.45, 2.75) is 6.92 Å². The SMILES string of the molecule is COc1ccccc1C(=O)NNC(=S)NC(=O)c1ccc(C)cc1. The fourth-order valence-corrected chi connectivity index (χ4v) is 2.07. The molecule has 2 aromatic rings. The minimum Gasteiger partial charge on any atom is -0.496 e. The van der Waals surface area contributed by atoms with Crippen molar-refractivity contribution in [1.82, 2.24) is 16.2 Å². The first-order valence-electron chi connectivity index (χ1n) is 7.12. The number of hydrazine groups is 1. The van der Waals surface area contributed by atoms with Crippen LogP contribution in [-0.2, 0) is 0 Å². The number of methoxy groups -OCH3 is 1. The zero-order chi connectivity index (χ0) is 17.5. The van der Waals surface area contributed by atoms with Crippen LogP contribution in [0.1, 0.15) is 26.3 Å². The first-order chi connectivity index (χ1) is 11.5. The van der Waals surface area contributed by atoms with E-state index in [1.54, 1.807) is 36.4 Å². The number of benzene rings is 2. The maximum Gasteiger partial charge on any atom is 0.273 e. The van der Waals surface area contributed by atoms with Crippen LogP contribution in [0.25, 0.3) is 0 Å². The van der Waals surface area contributed by atoms with E-state index in [0.717, 1.165) is 5.56 Å². The predicted octanol–water partition coefficient (Wildman–Crippen LogP) is 1.95. The summed E-state index contributed by atoms with van der Waals surface area (Å²) in [6.07, 6.45) is 0. The smallest absolute Gasteiger partial charge is 0.273 e. The monoisotopic (exact) mass is 343 g/mol. The molecular weight excluding hydrogens is 326 g/mol. The van der Waals surface area contributed by atoms with Crippen molar-refractivity contribution in [2.24, 2.45) is 0 Å². The highest BCUT2D eigenvalue weighted by Crippen LogP contribution is 2.16. The highest BCUT2D eigenvalue weighted by atomic mass is 32.1. The van der Waals surface area contributed by atoms with Crippen molar-refractivity contribution in [3.63, 3.8) is 0 Å². The van der Waals surface area contributed by atoms with Gasteiger partial charge in [-0.2, -0.15) is 0 Å². The van der Waals surface area contributed by atoms with Crippen molar-refractivity contribution in [2.75, 3.05) is 7.11 Å². The van der Waals surface area contributed by atoms with Crippen LogP contribution in [0.3, 0.4) is 0 Å². The molecule has 0 unspecified atom stereocenters. The molecule has 0 radical (unpaired) electrons. The molecule has 0 atom stereocenters. The van der Waals surface area contributed by atoms with Gasteiger partial charge in [0, 0.05) is 5.56 Å². The van der Waals surface area contributed by atoms with Crippen LogP contribution < -0.4 is 20.9 Å². The van der Waals surface area contributed by atoms with Gasteiger partial charge in [-0.15, -0.1) is 0 Å². The Morgan fingerprint density at radius 3 is 2.29 bits per heavy atom. The number of carbonyl (C=O) groups is 2. The molecule has 124 valence electrons. The van der Waals surface area contributed by atoms with Gasteiger partial charge in [0.15, 0.2) is 5.11 Å². The number of rotatable bonds is 3. The van der Waals surface area contributed by atoms with Crippen molar-refractivity contribution in [3.05, 3.63) is 65.2 Å². The lowest BCUT2D eigenvalue weighted by Crippen LogP contribution is -2.48. The van der Waals surface area contributed by atoms with Gasteiger partial charge in [0.05, 0.1) is 12.7 Å². The van der Waals surface area contributed by atoms with Crippen LogP contribution in [-0.4, -0.2) is 24.0 Å². The minimum absolute atomic E-state index is 0.0103. The van der Waals surface area contributed by atoms with Crippen LogP contribution in [0.2, 0.25) is 0 Å². The lowest BCUT2D eigenvalue weighted by molar-refractivity contribution is 0.0932. The molecule has 24 heavy (non-hydrogen) atoms. The number of ether oxygens (including phenoxy) is 1. The second-order valence-corrected chi connectivity index (χ2v) is 5.34. The van der Waals surface area contributed by atoms with Crippen LogP contribution in [0.5, 0.6) is 5.75 Å². The van der Waals surface area contributed by atoms with Gasteiger partial charge in [0.2, 0.25) is 0 Å². The maximum absolute atomic E-state index is 12.1. The molecule has 0 spiro atoms. The molecule has 0 aliphatic heterocycles. The lowest BCUT2D eigenvalue weighted by atomic mass is 10.1. The summed E-state index contributed by atoms with van der Waals surface area (Å²) in [6.45, 7) is 1.93. The van der Waals surface area contributed by atoms with E-state index in [1.807, 2.05) is 19.1 Å². The van der Waals surface area contributed by atoms with Gasteiger partial charge in [-0.05, 0) is 43.4 Å². The quantitative estimate of drug-likeness (QED) is 0.586. The van der Waals surface area contributed by atoms with Gasteiger partial charge < -0.3 is 4.74 Å². The third-order valence-corrected chi connectivity index (χ3v) is 3.39. The average Bonchev–Trinajstić information content (AvgIpc) is 2.60. The van der Waals surface area contributed by atoms with E-state index in [2.05, 4.69) is 16.2 Å². The van der Waals surface area contributed by atoms with Gasteiger partial charge in [-0.1, -0.05) is 29.8 Å². The Hall–Kier alpha value is -2.93. The Morgan fingerprint density at radius 2 is 1.62 bits per heavy atom. The van der Waals surface area contributed by atoms with Gasteiger partial charge in [0.25, 0.3) is 11.8 Å². The Balaban J connectivity index is 1.90. The molecule has 0 aromatic heterocycles. The molecule has 7 heteroatoms. The normalized spacial score (nSPS) is 9.75. The number of hydrogen-bond acceptors (Lipinski definition) is 4. The summed E-state index contributed by atoms with van der Waals surface area (Å²) in [5.74, 6) is -0.357. The van der Waals surface area contributed by atoms with Crippen LogP contribution in [0.15, 0.2) is 48.5 Å². The third-order valence-electron chi connectivity index (χ3n) is 3.18. The molecule has 0 aliphatic rings. The molecule has 0 bridgehead atoms. The molecule has 0 saturated heterocycles. The van der Waals surface area contributed by atoms with Crippen molar-refractivity contribution in [3.8, 4) is 5.75 Å². The first kappa shape index (κ1) is 17.4. The molecule has 6 nitrogen and oxygen atoms in total. The summed E-state index contributed by atoms with van der Waals surface area (Å²) < 4.78 is 5.11. The highest BCUT2D eigenvalue weighted by Gasteiger charge is 2.12. The van der Waals surface area contributed by atoms with E-state index < -0.39 is 5.91 Å². The fourth-order valence-electron chi connectivity index (χ4n) is 1.92. The zero-order valence-corrected chi connectivity index (χ0v) is 14.1. The highest BCUT2D eigenvalue weighted by molar-refractivity contribution is 7.80. The summed E-state index contributed by atoms with van der Waals surface area (Å²) in [5.41, 5.74) is 6.78. The second-order valence-electron chi connectivity index (χ2n) is 4.93. The van der Waals surface area contributed by atoms with Gasteiger partial charge >= 0.3 is 0 Å². The molecule has 0 fully saturated rings. The van der Waals surface area contributed by atoms with E-state index >= 15 is 0 Å². The molecule has 3 N–H and O–H groups in total. The van der Waals surface area contributed by atoms with Crippen molar-refractivity contribution in [1.29, 1.82) is 0 Å². The second kappa shape index (κ2) is 8.07. The molecule has 0 aliphatic carbocycles. The summed E-state index contributed by atoms with van der Waals surface area (Å²) in [5, 5.41) is 2.48. The number of thiocarbonyl (C=S) groups is 1. The fraction of sp³-hybridized carbons (Fsp3) is 0.118. The Bertz CT molecular complexity index is 760. The van der Waals surface area contributed by atoms with E-state index in [-0.39, 0.29) is 11.0 Å². The standard InChI is InChI=1S/C17H17N3O3S/c1-11-7-9-12(10-8-11)15(21)18-17(24)20-19-16(22)13-5-3-4-6-14(13)23-2/h3-10H,1-2H3,(H,19,22)(H2,18,20,21,24). The predicted molar refractivity (Wildman–Crippen MR) is 94.8 cm³/mol. The molecule has 2 aromatic carbocycles. The first-order valence-corrected chi connectivity index (χ1v) is 7.53. The minimum atomic E-state index is -0.431. The Labute approximate surface area is 145 Å². The van der Waals surface area contributed by atoms with Crippen molar-refractivity contribution < 1.29 is 14.3 Å². The molecule has 0 saturated carbocycles. The number of nitrogens with one attached hydrogen (secondary N) is 3. The Kier molecular flexibility index (Phi) is 5.86. The largest absolute Gasteiger partial charge is 0.496 e. The van der Waals surface area contributed by atoms with Crippen LogP contribution in [0.4, 0.5) is 0 Å². The van der Waals surface area contributed by atoms with Crippen molar-refractivity contribution >= 4 is 29.1 Å². The number of hydrogen-bond donors (Lipinski definition) is 3. The molecule has 2 amide bonds. The zero-order valence-electron chi connectivity index (χ0n) is 13.3. The van der Waals surface area contributed by atoms with Crippen LogP contribution >= 0.6 is 12.2 Å². The van der Waals surface area contributed by atoms with E-state index in [9.17, 15) is 9.59 Å². The van der Waals surface area contributed by atoms with Gasteiger partial charge in [0.1, 0.15) is 5.75 Å². The van der Waals surface area contributed by atoms with E-state index in [4.69, 9.17) is 17.0 Å². The number of aryl methyl sites for hydroxylation is 1. The summed E-state index contributed by atoms with van der Waals surface area (Å²) >= 11 is 5.00. The summed E-state index contributed by atoms with van der Waals surface area (Å²) in [6, 6.07) is 13.8. The lowest BCUT2D eigenvalue weighted by Gasteiger charge is -2.12. The number of carbonyl (C=O) groups excluding carboxylic acids is 2. The molecule has 0 heterocycles. The van der Waals surface area contributed by atoms with Crippen LogP contribution in [0, 0.1) is 6.92 Å². The number of amides is 2. The molecular formula is C17H17N3O3S. The third kappa shape index (κ3) is 4.53.